The molecule has 1 saturated heterocycles. The quantitative estimate of drug-likeness (QED) is 0.637. The first-order valence-corrected chi connectivity index (χ1v) is 9.56. The molecule has 0 radical (unpaired) electrons. The summed E-state index contributed by atoms with van der Waals surface area (Å²) in [5, 5.41) is 25.0. The zero-order chi connectivity index (χ0) is 20.3. The van der Waals surface area contributed by atoms with Crippen LogP contribution in [0.4, 0.5) is 17.5 Å². The van der Waals surface area contributed by atoms with Crippen LogP contribution in [0.5, 0.6) is 0 Å². The van der Waals surface area contributed by atoms with Gasteiger partial charge in [0.05, 0.1) is 30.2 Å². The van der Waals surface area contributed by atoms with E-state index < -0.39 is 5.97 Å². The molecule has 1 aromatic heterocycles. The van der Waals surface area contributed by atoms with Gasteiger partial charge >= 0.3 is 5.97 Å². The van der Waals surface area contributed by atoms with Gasteiger partial charge in [0.2, 0.25) is 5.95 Å². The van der Waals surface area contributed by atoms with Crippen LogP contribution >= 0.6 is 15.9 Å². The van der Waals surface area contributed by atoms with E-state index in [0.717, 1.165) is 11.1 Å². The summed E-state index contributed by atoms with van der Waals surface area (Å²) in [5.41, 5.74) is 2.35. The number of hydrogen-bond donors (Lipinski definition) is 3. The Morgan fingerprint density at radius 3 is 2.89 bits per heavy atom. The van der Waals surface area contributed by atoms with E-state index in [1.54, 1.807) is 6.20 Å². The van der Waals surface area contributed by atoms with E-state index in [1.807, 2.05) is 19.9 Å². The number of benzene rings is 1. The van der Waals surface area contributed by atoms with E-state index in [2.05, 4.69) is 42.6 Å². The number of aromatic carboxylic acids is 1. The van der Waals surface area contributed by atoms with E-state index in [9.17, 15) is 15.2 Å². The first-order chi connectivity index (χ1) is 13.4. The Morgan fingerprint density at radius 1 is 1.39 bits per heavy atom. The van der Waals surface area contributed by atoms with Gasteiger partial charge in [-0.3, -0.25) is 0 Å². The molecule has 8 nitrogen and oxygen atoms in total. The summed E-state index contributed by atoms with van der Waals surface area (Å²) < 4.78 is 6.02. The number of anilines is 3. The van der Waals surface area contributed by atoms with Crippen molar-refractivity contribution < 1.29 is 14.6 Å². The fraction of sp³-hybridized carbons (Fsp3) is 0.368. The highest BCUT2D eigenvalue weighted by Gasteiger charge is 2.26. The average Bonchev–Trinajstić information content (AvgIpc) is 2.67. The van der Waals surface area contributed by atoms with Crippen LogP contribution in [0, 0.1) is 31.1 Å². The van der Waals surface area contributed by atoms with E-state index in [4.69, 9.17) is 4.74 Å². The van der Waals surface area contributed by atoms with Crippen LogP contribution in [0.2, 0.25) is 0 Å². The van der Waals surface area contributed by atoms with Crippen molar-refractivity contribution >= 4 is 39.4 Å². The summed E-state index contributed by atoms with van der Waals surface area (Å²) in [4.78, 5) is 20.2. The number of aromatic nitrogens is 2. The second-order valence-corrected chi connectivity index (χ2v) is 7.45. The SMILES string of the molecule is Cc1cnc(Nc2cc(C)c(Br)c(C(=O)O)c2)nc1NC1COCCC1C#N. The summed E-state index contributed by atoms with van der Waals surface area (Å²) in [5.74, 6) is -0.227. The molecule has 0 saturated carbocycles. The zero-order valence-electron chi connectivity index (χ0n) is 15.5. The van der Waals surface area contributed by atoms with Crippen LogP contribution in [0.15, 0.2) is 22.8 Å². The lowest BCUT2D eigenvalue weighted by atomic mass is 9.96. The number of carboxylic acids is 1. The molecular formula is C19H20BrN5O3. The van der Waals surface area contributed by atoms with E-state index in [-0.39, 0.29) is 17.5 Å². The maximum Gasteiger partial charge on any atom is 0.336 e. The van der Waals surface area contributed by atoms with Crippen LogP contribution in [-0.4, -0.2) is 40.3 Å². The second-order valence-electron chi connectivity index (χ2n) is 6.66. The fourth-order valence-corrected chi connectivity index (χ4v) is 3.38. The maximum absolute atomic E-state index is 11.4. The molecule has 28 heavy (non-hydrogen) atoms. The highest BCUT2D eigenvalue weighted by molar-refractivity contribution is 9.10. The minimum Gasteiger partial charge on any atom is -0.478 e. The summed E-state index contributed by atoms with van der Waals surface area (Å²) in [6.07, 6.45) is 2.35. The molecule has 3 N–H and O–H groups in total. The molecule has 1 aliphatic heterocycles. The summed E-state index contributed by atoms with van der Waals surface area (Å²) in [6, 6.07) is 5.51. The van der Waals surface area contributed by atoms with Crippen molar-refractivity contribution in [1.82, 2.24) is 9.97 Å². The summed E-state index contributed by atoms with van der Waals surface area (Å²) in [6.45, 7) is 4.72. The largest absolute Gasteiger partial charge is 0.478 e. The lowest BCUT2D eigenvalue weighted by Crippen LogP contribution is -2.38. The first kappa shape index (κ1) is 20.0. The van der Waals surface area contributed by atoms with Gasteiger partial charge < -0.3 is 20.5 Å². The molecule has 0 aliphatic carbocycles. The zero-order valence-corrected chi connectivity index (χ0v) is 17.1. The molecule has 2 aromatic rings. The van der Waals surface area contributed by atoms with Crippen molar-refractivity contribution in [3.05, 3.63) is 39.5 Å². The predicted octanol–water partition coefficient (Wildman–Crippen LogP) is 3.64. The number of nitrogens with one attached hydrogen (secondary N) is 2. The topological polar surface area (TPSA) is 120 Å². The van der Waals surface area contributed by atoms with Gasteiger partial charge in [0, 0.05) is 28.5 Å². The van der Waals surface area contributed by atoms with Crippen LogP contribution in [0.1, 0.15) is 27.9 Å². The van der Waals surface area contributed by atoms with Crippen molar-refractivity contribution in [2.45, 2.75) is 26.3 Å². The molecule has 0 bridgehead atoms. The number of carboxylic acid groups (broad SMARTS) is 1. The molecule has 0 spiro atoms. The van der Waals surface area contributed by atoms with E-state index in [0.29, 0.717) is 41.6 Å². The molecule has 146 valence electrons. The average molecular weight is 446 g/mol. The van der Waals surface area contributed by atoms with Crippen LogP contribution in [0.3, 0.4) is 0 Å². The lowest BCUT2D eigenvalue weighted by molar-refractivity contribution is 0.0694. The monoisotopic (exact) mass is 445 g/mol. The Kier molecular flexibility index (Phi) is 6.11. The number of ether oxygens (including phenoxy) is 1. The molecule has 2 atom stereocenters. The third-order valence-electron chi connectivity index (χ3n) is 4.56. The van der Waals surface area contributed by atoms with Gasteiger partial charge in [0.15, 0.2) is 0 Å². The number of carbonyl (C=O) groups is 1. The van der Waals surface area contributed by atoms with Crippen LogP contribution in [-0.2, 0) is 4.74 Å². The number of nitrogens with zero attached hydrogens (tertiary/aromatic N) is 3. The smallest absolute Gasteiger partial charge is 0.336 e. The first-order valence-electron chi connectivity index (χ1n) is 8.77. The number of hydrogen-bond acceptors (Lipinski definition) is 7. The molecule has 1 aliphatic rings. The molecule has 2 unspecified atom stereocenters. The van der Waals surface area contributed by atoms with E-state index >= 15 is 0 Å². The third kappa shape index (κ3) is 4.40. The van der Waals surface area contributed by atoms with Crippen molar-refractivity contribution in [1.29, 1.82) is 5.26 Å². The summed E-state index contributed by atoms with van der Waals surface area (Å²) in [7, 11) is 0. The number of halogens is 1. The van der Waals surface area contributed by atoms with Gasteiger partial charge in [-0.2, -0.15) is 10.2 Å². The van der Waals surface area contributed by atoms with Crippen molar-refractivity contribution in [2.24, 2.45) is 5.92 Å². The normalized spacial score (nSPS) is 18.9. The number of rotatable bonds is 5. The van der Waals surface area contributed by atoms with Crippen molar-refractivity contribution in [3.8, 4) is 6.07 Å². The predicted molar refractivity (Wildman–Crippen MR) is 108 cm³/mol. The second kappa shape index (κ2) is 8.54. The van der Waals surface area contributed by atoms with Gasteiger partial charge in [-0.25, -0.2) is 9.78 Å². The Hall–Kier alpha value is -2.70. The Bertz CT molecular complexity index is 944. The lowest BCUT2D eigenvalue weighted by Gasteiger charge is -2.28. The van der Waals surface area contributed by atoms with Gasteiger partial charge in [0.25, 0.3) is 0 Å². The standard InChI is InChI=1S/C19H20BrN5O3/c1-10-5-13(6-14(16(10)20)18(26)27)23-19-22-8-11(2)17(25-19)24-15-9-28-4-3-12(15)7-21/h5-6,8,12,15H,3-4,9H2,1-2H3,(H,26,27)(H2,22,23,24,25). The van der Waals surface area contributed by atoms with Gasteiger partial charge in [-0.15, -0.1) is 0 Å². The van der Waals surface area contributed by atoms with Crippen LogP contribution in [0.25, 0.3) is 0 Å². The maximum atomic E-state index is 11.4. The third-order valence-corrected chi connectivity index (χ3v) is 5.61. The Balaban J connectivity index is 1.84. The number of aryl methyl sites for hydroxylation is 2. The van der Waals surface area contributed by atoms with Gasteiger partial charge in [-0.05, 0) is 53.9 Å². The minimum atomic E-state index is -1.02. The van der Waals surface area contributed by atoms with E-state index in [1.165, 1.54) is 6.07 Å². The molecule has 0 amide bonds. The minimum absolute atomic E-state index is 0.145. The summed E-state index contributed by atoms with van der Waals surface area (Å²) >= 11 is 3.30. The Morgan fingerprint density at radius 2 is 2.18 bits per heavy atom. The molecule has 2 heterocycles. The Labute approximate surface area is 171 Å². The van der Waals surface area contributed by atoms with Gasteiger partial charge in [-0.1, -0.05) is 0 Å². The highest BCUT2D eigenvalue weighted by Crippen LogP contribution is 2.28. The molecule has 1 fully saturated rings. The molecule has 1 aromatic carbocycles. The van der Waals surface area contributed by atoms with Crippen LogP contribution < -0.4 is 10.6 Å². The van der Waals surface area contributed by atoms with Gasteiger partial charge in [0.1, 0.15) is 5.82 Å². The van der Waals surface area contributed by atoms with Crippen molar-refractivity contribution in [2.75, 3.05) is 23.8 Å². The van der Waals surface area contributed by atoms with Crippen molar-refractivity contribution in [3.63, 3.8) is 0 Å². The molecular weight excluding hydrogens is 426 g/mol. The fourth-order valence-electron chi connectivity index (χ4n) is 2.99. The number of nitriles is 1. The molecule has 3 rings (SSSR count). The highest BCUT2D eigenvalue weighted by atomic mass is 79.9. The molecule has 9 heteroatoms.